The number of hydrogen-bond acceptors (Lipinski definition) is 3. The van der Waals surface area contributed by atoms with Crippen molar-refractivity contribution in [2.45, 2.75) is 6.43 Å². The smallest absolute Gasteiger partial charge is 0.379 e. The monoisotopic (exact) mass is 255 g/mol. The molecular weight excluding hydrogens is 251 g/mol. The summed E-state index contributed by atoms with van der Waals surface area (Å²) < 4.78 is 28.0. The van der Waals surface area contributed by atoms with Crippen LogP contribution in [0.15, 0.2) is 12.1 Å². The molecule has 82 valence electrons. The summed E-state index contributed by atoms with van der Waals surface area (Å²) >= 11 is 11.2. The summed E-state index contributed by atoms with van der Waals surface area (Å²) in [5, 5.41) is 0.158. The lowest BCUT2D eigenvalue weighted by Gasteiger charge is -2.08. The predicted molar refractivity (Wildman–Crippen MR) is 52.5 cm³/mol. The number of anilines is 1. The lowest BCUT2D eigenvalue weighted by atomic mass is 10.3. The molecule has 0 aliphatic rings. The number of halogens is 4. The molecule has 1 aromatic rings. The van der Waals surface area contributed by atoms with Crippen molar-refractivity contribution >= 4 is 34.9 Å². The van der Waals surface area contributed by atoms with Gasteiger partial charge in [0.2, 0.25) is 0 Å². The van der Waals surface area contributed by atoms with Crippen LogP contribution >= 0.6 is 23.2 Å². The normalized spacial score (nSPS) is 10.5. The number of nitrogen functional groups attached to an aromatic ring is 1. The maximum atomic E-state index is 11.9. The van der Waals surface area contributed by atoms with E-state index in [2.05, 4.69) is 4.74 Å². The highest BCUT2D eigenvalue weighted by atomic mass is 35.5. The maximum absolute atomic E-state index is 11.9. The van der Waals surface area contributed by atoms with Gasteiger partial charge >= 0.3 is 12.4 Å². The van der Waals surface area contributed by atoms with Gasteiger partial charge in [0.25, 0.3) is 0 Å². The molecule has 0 heterocycles. The Bertz CT molecular complexity index is 398. The van der Waals surface area contributed by atoms with Crippen LogP contribution in [0.1, 0.15) is 0 Å². The summed E-state index contributed by atoms with van der Waals surface area (Å²) in [6.45, 7) is 0. The van der Waals surface area contributed by atoms with Gasteiger partial charge in [0.15, 0.2) is 5.75 Å². The molecule has 3 nitrogen and oxygen atoms in total. The molecule has 0 unspecified atom stereocenters. The van der Waals surface area contributed by atoms with Gasteiger partial charge in [0, 0.05) is 11.1 Å². The van der Waals surface area contributed by atoms with E-state index in [0.29, 0.717) is 0 Å². The molecule has 0 saturated heterocycles. The first-order valence-corrected chi connectivity index (χ1v) is 4.41. The van der Waals surface area contributed by atoms with Crippen LogP contribution < -0.4 is 10.5 Å². The Labute approximate surface area is 93.7 Å². The molecule has 0 aliphatic heterocycles. The van der Waals surface area contributed by atoms with Gasteiger partial charge in [-0.15, -0.1) is 0 Å². The number of esters is 1. The maximum Gasteiger partial charge on any atom is 0.379 e. The van der Waals surface area contributed by atoms with Crippen molar-refractivity contribution in [3.05, 3.63) is 22.2 Å². The van der Waals surface area contributed by atoms with Crippen LogP contribution in [0.3, 0.4) is 0 Å². The molecule has 0 spiro atoms. The van der Waals surface area contributed by atoms with Crippen LogP contribution in [0.4, 0.5) is 14.5 Å². The van der Waals surface area contributed by atoms with Crippen molar-refractivity contribution in [1.82, 2.24) is 0 Å². The standard InChI is InChI=1S/C8H5Cl2F2NO2/c9-3-1-4(10)6(13)5(2-3)15-8(14)7(11)12/h1-2,7H,13H2. The van der Waals surface area contributed by atoms with Crippen LogP contribution in [-0.2, 0) is 4.79 Å². The molecule has 15 heavy (non-hydrogen) atoms. The third-order valence-electron chi connectivity index (χ3n) is 1.45. The van der Waals surface area contributed by atoms with Crippen LogP contribution in [0, 0.1) is 0 Å². The first kappa shape index (κ1) is 12.0. The van der Waals surface area contributed by atoms with Crippen molar-refractivity contribution in [3.8, 4) is 5.75 Å². The summed E-state index contributed by atoms with van der Waals surface area (Å²) in [6, 6.07) is 2.43. The Morgan fingerprint density at radius 2 is 2.00 bits per heavy atom. The van der Waals surface area contributed by atoms with Gasteiger partial charge in [-0.25, -0.2) is 4.79 Å². The van der Waals surface area contributed by atoms with Gasteiger partial charge < -0.3 is 10.5 Å². The molecule has 1 rings (SSSR count). The number of nitrogens with two attached hydrogens (primary N) is 1. The van der Waals surface area contributed by atoms with E-state index >= 15 is 0 Å². The molecule has 1 aromatic carbocycles. The summed E-state index contributed by atoms with van der Waals surface area (Å²) in [6.07, 6.45) is -3.23. The van der Waals surface area contributed by atoms with Crippen LogP contribution in [0.25, 0.3) is 0 Å². The zero-order valence-corrected chi connectivity index (χ0v) is 8.65. The van der Waals surface area contributed by atoms with Crippen LogP contribution in [0.2, 0.25) is 10.0 Å². The SMILES string of the molecule is Nc1c(Cl)cc(Cl)cc1OC(=O)C(F)F. The minimum Gasteiger partial charge on any atom is -0.420 e. The van der Waals surface area contributed by atoms with Crippen molar-refractivity contribution < 1.29 is 18.3 Å². The minimum absolute atomic E-state index is 0.0274. The zero-order valence-electron chi connectivity index (χ0n) is 7.14. The Morgan fingerprint density at radius 3 is 2.53 bits per heavy atom. The van der Waals surface area contributed by atoms with Gasteiger partial charge in [-0.1, -0.05) is 23.2 Å². The number of hydrogen-bond donors (Lipinski definition) is 1. The first-order valence-electron chi connectivity index (χ1n) is 3.66. The number of rotatable bonds is 2. The molecule has 0 amide bonds. The number of ether oxygens (including phenoxy) is 1. The van der Waals surface area contributed by atoms with Gasteiger partial charge in [0.05, 0.1) is 10.7 Å². The Kier molecular flexibility index (Phi) is 3.71. The lowest BCUT2D eigenvalue weighted by molar-refractivity contribution is -0.146. The van der Waals surface area contributed by atoms with Crippen molar-refractivity contribution in [2.24, 2.45) is 0 Å². The Morgan fingerprint density at radius 1 is 1.40 bits per heavy atom. The molecule has 0 saturated carbocycles. The molecule has 0 radical (unpaired) electrons. The second-order valence-electron chi connectivity index (χ2n) is 2.52. The first-order chi connectivity index (χ1) is 6.91. The second kappa shape index (κ2) is 4.63. The predicted octanol–water partition coefficient (Wildman–Crippen LogP) is 2.75. The molecule has 0 fully saturated rings. The lowest BCUT2D eigenvalue weighted by Crippen LogP contribution is -2.18. The number of carbonyl (C=O) groups excluding carboxylic acids is 1. The fraction of sp³-hybridized carbons (Fsp3) is 0.125. The molecule has 0 aromatic heterocycles. The zero-order chi connectivity index (χ0) is 11.6. The molecule has 2 N–H and O–H groups in total. The summed E-state index contributed by atoms with van der Waals surface area (Å²) in [5.74, 6) is -1.99. The number of benzene rings is 1. The van der Waals surface area contributed by atoms with Crippen molar-refractivity contribution in [1.29, 1.82) is 0 Å². The minimum atomic E-state index is -3.23. The van der Waals surface area contributed by atoms with E-state index in [4.69, 9.17) is 28.9 Å². The van der Waals surface area contributed by atoms with Gasteiger partial charge in [0.1, 0.15) is 0 Å². The summed E-state index contributed by atoms with van der Waals surface area (Å²) in [7, 11) is 0. The van der Waals surface area contributed by atoms with Crippen LogP contribution in [0.5, 0.6) is 5.75 Å². The second-order valence-corrected chi connectivity index (χ2v) is 3.36. The fourth-order valence-corrected chi connectivity index (χ4v) is 1.27. The van der Waals surface area contributed by atoms with E-state index in [1.807, 2.05) is 0 Å². The highest BCUT2D eigenvalue weighted by Gasteiger charge is 2.20. The molecule has 7 heteroatoms. The number of carbonyl (C=O) groups is 1. The fourth-order valence-electron chi connectivity index (χ4n) is 0.799. The quantitative estimate of drug-likeness (QED) is 0.502. The summed E-state index contributed by atoms with van der Waals surface area (Å²) in [4.78, 5) is 10.6. The average molecular weight is 256 g/mol. The highest BCUT2D eigenvalue weighted by Crippen LogP contribution is 2.33. The van der Waals surface area contributed by atoms with Gasteiger partial charge in [-0.2, -0.15) is 8.78 Å². The van der Waals surface area contributed by atoms with Gasteiger partial charge in [-0.3, -0.25) is 0 Å². The molecule has 0 bridgehead atoms. The Hall–Kier alpha value is -1.07. The molecular formula is C8H5Cl2F2NO2. The highest BCUT2D eigenvalue weighted by molar-refractivity contribution is 6.36. The van der Waals surface area contributed by atoms with Crippen molar-refractivity contribution in [3.63, 3.8) is 0 Å². The summed E-state index contributed by atoms with van der Waals surface area (Å²) in [5.41, 5.74) is 5.27. The van der Waals surface area contributed by atoms with Gasteiger partial charge in [-0.05, 0) is 6.07 Å². The Balaban J connectivity index is 2.99. The molecule has 0 atom stereocenters. The van der Waals surface area contributed by atoms with Crippen molar-refractivity contribution in [2.75, 3.05) is 5.73 Å². The van der Waals surface area contributed by atoms with E-state index in [1.165, 1.54) is 6.07 Å². The van der Waals surface area contributed by atoms with E-state index in [0.717, 1.165) is 6.07 Å². The van der Waals surface area contributed by atoms with E-state index < -0.39 is 12.4 Å². The average Bonchev–Trinajstić information content (AvgIpc) is 2.13. The third kappa shape index (κ3) is 2.94. The van der Waals surface area contributed by atoms with Crippen LogP contribution in [-0.4, -0.2) is 12.4 Å². The third-order valence-corrected chi connectivity index (χ3v) is 1.98. The molecule has 0 aliphatic carbocycles. The van der Waals surface area contributed by atoms with E-state index in [9.17, 15) is 13.6 Å². The topological polar surface area (TPSA) is 52.3 Å². The largest absolute Gasteiger partial charge is 0.420 e. The van der Waals surface area contributed by atoms with E-state index in [1.54, 1.807) is 0 Å². The van der Waals surface area contributed by atoms with E-state index in [-0.39, 0.29) is 21.5 Å². The number of alkyl halides is 2.